The smallest absolute Gasteiger partial charge is 0.251 e. The van der Waals surface area contributed by atoms with Crippen LogP contribution in [-0.2, 0) is 9.59 Å². The van der Waals surface area contributed by atoms with Crippen molar-refractivity contribution in [3.63, 3.8) is 0 Å². The van der Waals surface area contributed by atoms with Crippen LogP contribution in [0.3, 0.4) is 0 Å². The van der Waals surface area contributed by atoms with E-state index in [4.69, 9.17) is 0 Å². The van der Waals surface area contributed by atoms with E-state index in [-0.39, 0.29) is 30.8 Å². The van der Waals surface area contributed by atoms with Gasteiger partial charge in [-0.1, -0.05) is 36.4 Å². The molecule has 3 rings (SSSR count). The number of anilines is 1. The fourth-order valence-electron chi connectivity index (χ4n) is 3.28. The Balaban J connectivity index is 1.38. The number of carbonyl (C=O) groups is 3. The molecule has 2 aromatic rings. The first kappa shape index (κ1) is 20.4. The van der Waals surface area contributed by atoms with Gasteiger partial charge < -0.3 is 20.4 Å². The van der Waals surface area contributed by atoms with Crippen LogP contribution in [0.1, 0.15) is 15.9 Å². The quantitative estimate of drug-likeness (QED) is 0.771. The van der Waals surface area contributed by atoms with Crippen molar-refractivity contribution in [3.05, 3.63) is 65.7 Å². The van der Waals surface area contributed by atoms with Crippen molar-refractivity contribution in [3.8, 4) is 0 Å². The largest absolute Gasteiger partial charge is 0.368 e. The maximum Gasteiger partial charge on any atom is 0.251 e. The minimum absolute atomic E-state index is 0.0651. The lowest BCUT2D eigenvalue weighted by molar-refractivity contribution is -0.132. The van der Waals surface area contributed by atoms with Gasteiger partial charge in [0.15, 0.2) is 0 Å². The summed E-state index contributed by atoms with van der Waals surface area (Å²) >= 11 is 0. The normalized spacial score (nSPS) is 13.7. The Bertz CT molecular complexity index is 861. The molecule has 2 N–H and O–H groups in total. The van der Waals surface area contributed by atoms with Crippen LogP contribution >= 0.6 is 0 Å². The molecule has 0 radical (unpaired) electrons. The maximum atomic E-state index is 12.4. The van der Waals surface area contributed by atoms with E-state index in [0.29, 0.717) is 18.7 Å². The van der Waals surface area contributed by atoms with Gasteiger partial charge in [0, 0.05) is 37.4 Å². The summed E-state index contributed by atoms with van der Waals surface area (Å²) in [5.41, 5.74) is 2.53. The van der Waals surface area contributed by atoms with Crippen molar-refractivity contribution >= 4 is 23.4 Å². The minimum atomic E-state index is -0.386. The maximum absolute atomic E-state index is 12.4. The Hall–Kier alpha value is -3.35. The van der Waals surface area contributed by atoms with E-state index in [1.165, 1.54) is 0 Å². The van der Waals surface area contributed by atoms with Crippen LogP contribution in [0.15, 0.2) is 54.6 Å². The van der Waals surface area contributed by atoms with E-state index < -0.39 is 0 Å². The van der Waals surface area contributed by atoms with Gasteiger partial charge in [0.25, 0.3) is 5.91 Å². The number of amides is 3. The van der Waals surface area contributed by atoms with Crippen molar-refractivity contribution in [2.24, 2.45) is 0 Å². The van der Waals surface area contributed by atoms with Gasteiger partial charge in [0.1, 0.15) is 0 Å². The molecule has 1 saturated heterocycles. The lowest BCUT2D eigenvalue weighted by Gasteiger charge is -2.36. The van der Waals surface area contributed by atoms with E-state index in [2.05, 4.69) is 27.7 Å². The number of hydrogen-bond acceptors (Lipinski definition) is 4. The van der Waals surface area contributed by atoms with Crippen LogP contribution in [0.2, 0.25) is 0 Å². The number of rotatable bonds is 6. The zero-order chi connectivity index (χ0) is 20.6. The van der Waals surface area contributed by atoms with Crippen LogP contribution in [0.5, 0.6) is 0 Å². The monoisotopic (exact) mass is 394 g/mol. The number of hydrogen-bond donors (Lipinski definition) is 2. The molecule has 0 atom stereocenters. The summed E-state index contributed by atoms with van der Waals surface area (Å²) < 4.78 is 0. The third-order valence-electron chi connectivity index (χ3n) is 4.99. The average Bonchev–Trinajstić information content (AvgIpc) is 2.77. The van der Waals surface area contributed by atoms with E-state index in [1.54, 1.807) is 17.0 Å². The highest BCUT2D eigenvalue weighted by molar-refractivity contribution is 5.97. The van der Waals surface area contributed by atoms with Crippen LogP contribution in [0.25, 0.3) is 0 Å². The summed E-state index contributed by atoms with van der Waals surface area (Å²) in [4.78, 5) is 40.5. The second-order valence-corrected chi connectivity index (χ2v) is 6.98. The minimum Gasteiger partial charge on any atom is -0.368 e. The first-order valence-electron chi connectivity index (χ1n) is 9.73. The molecule has 2 aromatic carbocycles. The molecule has 7 heteroatoms. The van der Waals surface area contributed by atoms with Gasteiger partial charge >= 0.3 is 0 Å². The van der Waals surface area contributed by atoms with Crippen molar-refractivity contribution < 1.29 is 14.4 Å². The number of nitrogens with zero attached hydrogens (tertiary/aromatic N) is 2. The number of para-hydroxylation sites is 1. The molecule has 3 amide bonds. The molecule has 0 bridgehead atoms. The first-order chi connectivity index (χ1) is 14.0. The van der Waals surface area contributed by atoms with Crippen LogP contribution < -0.4 is 15.5 Å². The third kappa shape index (κ3) is 5.57. The van der Waals surface area contributed by atoms with Crippen molar-refractivity contribution in [1.82, 2.24) is 15.5 Å². The lowest BCUT2D eigenvalue weighted by atomic mass is 10.1. The molecule has 0 spiro atoms. The summed E-state index contributed by atoms with van der Waals surface area (Å²) in [5, 5.41) is 5.17. The number of benzene rings is 2. The van der Waals surface area contributed by atoms with E-state index in [9.17, 15) is 14.4 Å². The third-order valence-corrected chi connectivity index (χ3v) is 4.99. The fourth-order valence-corrected chi connectivity index (χ4v) is 3.28. The number of piperazine rings is 1. The molecular weight excluding hydrogens is 368 g/mol. The summed E-state index contributed by atoms with van der Waals surface area (Å²) in [6, 6.07) is 17.3. The predicted molar refractivity (Wildman–Crippen MR) is 112 cm³/mol. The summed E-state index contributed by atoms with van der Waals surface area (Å²) in [7, 11) is 0. The highest BCUT2D eigenvalue weighted by atomic mass is 16.2. The molecule has 7 nitrogen and oxygen atoms in total. The van der Waals surface area contributed by atoms with Gasteiger partial charge in [-0.25, -0.2) is 0 Å². The molecule has 1 aliphatic rings. The van der Waals surface area contributed by atoms with Crippen molar-refractivity contribution in [2.45, 2.75) is 6.92 Å². The van der Waals surface area contributed by atoms with Crippen LogP contribution in [0.4, 0.5) is 5.69 Å². The van der Waals surface area contributed by atoms with E-state index in [0.717, 1.165) is 24.3 Å². The number of nitrogens with one attached hydrogen (secondary N) is 2. The second-order valence-electron chi connectivity index (χ2n) is 6.98. The highest BCUT2D eigenvalue weighted by Gasteiger charge is 2.21. The molecule has 0 aromatic heterocycles. The topological polar surface area (TPSA) is 81.8 Å². The zero-order valence-electron chi connectivity index (χ0n) is 16.6. The molecule has 1 fully saturated rings. The number of aryl methyl sites for hydroxylation is 1. The van der Waals surface area contributed by atoms with Crippen LogP contribution in [-0.4, -0.2) is 61.9 Å². The molecular formula is C22H26N4O3. The Morgan fingerprint density at radius 2 is 1.48 bits per heavy atom. The van der Waals surface area contributed by atoms with E-state index in [1.807, 2.05) is 37.3 Å². The molecule has 1 heterocycles. The van der Waals surface area contributed by atoms with Gasteiger partial charge in [0.2, 0.25) is 11.8 Å². The summed E-state index contributed by atoms with van der Waals surface area (Å²) in [6.07, 6.45) is 0. The van der Waals surface area contributed by atoms with Crippen molar-refractivity contribution in [1.29, 1.82) is 0 Å². The molecule has 29 heavy (non-hydrogen) atoms. The van der Waals surface area contributed by atoms with Gasteiger partial charge in [-0.3, -0.25) is 14.4 Å². The Morgan fingerprint density at radius 3 is 2.17 bits per heavy atom. The van der Waals surface area contributed by atoms with E-state index >= 15 is 0 Å². The van der Waals surface area contributed by atoms with Gasteiger partial charge in [-0.15, -0.1) is 0 Å². The number of carbonyl (C=O) groups excluding carboxylic acids is 3. The molecule has 152 valence electrons. The van der Waals surface area contributed by atoms with Gasteiger partial charge in [-0.05, 0) is 30.7 Å². The summed E-state index contributed by atoms with van der Waals surface area (Å²) in [5.74, 6) is -0.805. The van der Waals surface area contributed by atoms with Crippen molar-refractivity contribution in [2.75, 3.05) is 44.2 Å². The molecule has 0 unspecified atom stereocenters. The van der Waals surface area contributed by atoms with Gasteiger partial charge in [-0.2, -0.15) is 0 Å². The van der Waals surface area contributed by atoms with Gasteiger partial charge in [0.05, 0.1) is 13.1 Å². The standard InChI is InChI=1S/C22H26N4O3/c1-17-7-5-6-10-19(17)22(29)24-15-20(27)23-16-21(28)26-13-11-25(12-14-26)18-8-3-2-4-9-18/h2-10H,11-16H2,1H3,(H,23,27)(H,24,29). The second kappa shape index (κ2) is 9.73. The Labute approximate surface area is 170 Å². The Kier molecular flexibility index (Phi) is 6.84. The summed E-state index contributed by atoms with van der Waals surface area (Å²) in [6.45, 7) is 4.37. The average molecular weight is 394 g/mol. The molecule has 0 aliphatic carbocycles. The lowest BCUT2D eigenvalue weighted by Crippen LogP contribution is -2.51. The van der Waals surface area contributed by atoms with Crippen LogP contribution in [0, 0.1) is 6.92 Å². The fraction of sp³-hybridized carbons (Fsp3) is 0.318. The first-order valence-corrected chi connectivity index (χ1v) is 9.73. The zero-order valence-corrected chi connectivity index (χ0v) is 16.6. The SMILES string of the molecule is Cc1ccccc1C(=O)NCC(=O)NCC(=O)N1CCN(c2ccccc2)CC1. The highest BCUT2D eigenvalue weighted by Crippen LogP contribution is 2.15. The Morgan fingerprint density at radius 1 is 0.828 bits per heavy atom. The molecule has 0 saturated carbocycles. The molecule has 1 aliphatic heterocycles. The predicted octanol–water partition coefficient (Wildman–Crippen LogP) is 1.19.